The van der Waals surface area contributed by atoms with E-state index in [0.29, 0.717) is 5.92 Å². The van der Waals surface area contributed by atoms with Crippen LogP contribution < -0.4 is 0 Å². The van der Waals surface area contributed by atoms with Gasteiger partial charge >= 0.3 is 5.97 Å². The van der Waals surface area contributed by atoms with Crippen LogP contribution in [0.5, 0.6) is 0 Å². The highest BCUT2D eigenvalue weighted by molar-refractivity contribution is 5.96. The van der Waals surface area contributed by atoms with Crippen molar-refractivity contribution in [3.63, 3.8) is 0 Å². The van der Waals surface area contributed by atoms with Gasteiger partial charge in [0.1, 0.15) is 23.1 Å². The van der Waals surface area contributed by atoms with Crippen molar-refractivity contribution in [2.24, 2.45) is 16.3 Å². The van der Waals surface area contributed by atoms with Crippen LogP contribution in [0.25, 0.3) is 5.57 Å². The van der Waals surface area contributed by atoms with Gasteiger partial charge in [0, 0.05) is 24.2 Å². The predicted molar refractivity (Wildman–Crippen MR) is 93.9 cm³/mol. The van der Waals surface area contributed by atoms with Crippen molar-refractivity contribution in [3.8, 4) is 0 Å². The Hall–Kier alpha value is -2.37. The molecule has 6 nitrogen and oxygen atoms in total. The number of carbonyl (C=O) groups excluding carboxylic acids is 1. The highest BCUT2D eigenvalue weighted by Crippen LogP contribution is 2.47. The van der Waals surface area contributed by atoms with E-state index in [-0.39, 0.29) is 12.0 Å². The van der Waals surface area contributed by atoms with Crippen LogP contribution in [0.1, 0.15) is 36.8 Å². The molecule has 2 unspecified atom stereocenters. The van der Waals surface area contributed by atoms with Crippen LogP contribution in [0, 0.1) is 25.2 Å². The molecule has 0 aromatic carbocycles. The van der Waals surface area contributed by atoms with Gasteiger partial charge in [-0.3, -0.25) is 9.79 Å². The molecular weight excluding hydrogens is 318 g/mol. The van der Waals surface area contributed by atoms with Crippen LogP contribution in [0.4, 0.5) is 0 Å². The van der Waals surface area contributed by atoms with Gasteiger partial charge in [-0.1, -0.05) is 11.2 Å². The van der Waals surface area contributed by atoms with Crippen molar-refractivity contribution in [1.29, 1.82) is 0 Å². The number of nitrogens with zero attached hydrogens (tertiary/aromatic N) is 3. The quantitative estimate of drug-likeness (QED) is 0.791. The van der Waals surface area contributed by atoms with Crippen molar-refractivity contribution in [1.82, 2.24) is 10.1 Å². The van der Waals surface area contributed by atoms with E-state index in [1.165, 1.54) is 20.0 Å². The van der Waals surface area contributed by atoms with Crippen molar-refractivity contribution < 1.29 is 14.1 Å². The summed E-state index contributed by atoms with van der Waals surface area (Å²) in [4.78, 5) is 19.8. The first-order valence-electron chi connectivity index (χ1n) is 8.64. The average Bonchev–Trinajstić information content (AvgIpc) is 3.29. The van der Waals surface area contributed by atoms with E-state index >= 15 is 0 Å². The third kappa shape index (κ3) is 2.27. The number of hydrogen-bond acceptors (Lipinski definition) is 6. The summed E-state index contributed by atoms with van der Waals surface area (Å²) in [5, 5.41) is 4.06. The first-order valence-corrected chi connectivity index (χ1v) is 8.64. The topological polar surface area (TPSA) is 67.9 Å². The smallest absolute Gasteiger partial charge is 0.318 e. The second-order valence-corrected chi connectivity index (χ2v) is 7.37. The molecular formula is C19H23N3O3. The van der Waals surface area contributed by atoms with E-state index in [9.17, 15) is 4.79 Å². The first-order chi connectivity index (χ1) is 11.9. The van der Waals surface area contributed by atoms with Gasteiger partial charge in [-0.2, -0.15) is 0 Å². The van der Waals surface area contributed by atoms with Crippen molar-refractivity contribution >= 4 is 17.4 Å². The third-order valence-corrected chi connectivity index (χ3v) is 5.49. The van der Waals surface area contributed by atoms with Gasteiger partial charge in [0.15, 0.2) is 0 Å². The summed E-state index contributed by atoms with van der Waals surface area (Å²) in [6, 6.07) is -0.246. The largest absolute Gasteiger partial charge is 0.468 e. The molecule has 1 aliphatic heterocycles. The van der Waals surface area contributed by atoms with Gasteiger partial charge in [0.25, 0.3) is 0 Å². The summed E-state index contributed by atoms with van der Waals surface area (Å²) in [7, 11) is 3.47. The molecule has 2 aliphatic carbocycles. The Labute approximate surface area is 147 Å². The first kappa shape index (κ1) is 16.1. The molecule has 25 heavy (non-hydrogen) atoms. The molecule has 1 saturated carbocycles. The lowest BCUT2D eigenvalue weighted by Gasteiger charge is -2.34. The number of fused-ring (bicyclic) bond motifs is 1. The summed E-state index contributed by atoms with van der Waals surface area (Å²) in [5.41, 5.74) is 2.88. The molecule has 0 bridgehead atoms. The Bertz CT molecular complexity index is 825. The maximum absolute atomic E-state index is 12.7. The van der Waals surface area contributed by atoms with Gasteiger partial charge in [-0.05, 0) is 45.3 Å². The zero-order valence-electron chi connectivity index (χ0n) is 15.3. The molecule has 4 rings (SSSR count). The Morgan fingerprint density at radius 1 is 1.40 bits per heavy atom. The van der Waals surface area contributed by atoms with E-state index < -0.39 is 5.41 Å². The number of aromatic nitrogens is 1. The van der Waals surface area contributed by atoms with Crippen molar-refractivity contribution in [2.45, 2.75) is 39.7 Å². The lowest BCUT2D eigenvalue weighted by Crippen LogP contribution is -2.41. The zero-order valence-corrected chi connectivity index (χ0v) is 15.3. The fourth-order valence-electron chi connectivity index (χ4n) is 3.97. The van der Waals surface area contributed by atoms with Crippen molar-refractivity contribution in [3.05, 3.63) is 34.9 Å². The fourth-order valence-corrected chi connectivity index (χ4v) is 3.97. The normalized spacial score (nSPS) is 28.3. The van der Waals surface area contributed by atoms with Crippen LogP contribution >= 0.6 is 0 Å². The predicted octanol–water partition coefficient (Wildman–Crippen LogP) is 2.87. The van der Waals surface area contributed by atoms with Crippen LogP contribution in [0.15, 0.2) is 27.4 Å². The van der Waals surface area contributed by atoms with Gasteiger partial charge in [-0.25, -0.2) is 0 Å². The van der Waals surface area contributed by atoms with Gasteiger partial charge in [0.05, 0.1) is 12.8 Å². The summed E-state index contributed by atoms with van der Waals surface area (Å²) >= 11 is 0. The van der Waals surface area contributed by atoms with Gasteiger partial charge < -0.3 is 14.2 Å². The maximum atomic E-state index is 12.7. The number of allylic oxidation sites excluding steroid dienone is 2. The number of likely N-dealkylation sites (N-methyl/N-ethyl adjacent to an activating group) is 1. The standard InChI is InChI=1S/C19H23N3O3/c1-10-15(11(2)25-21-10)13-8-14-16(19(3,9-13)18(23)24-5)20-17(22(14)4)12-6-7-12/h8-9,12,16H,6-7H2,1-5H3. The number of esters is 1. The van der Waals surface area contributed by atoms with E-state index in [0.717, 1.165) is 34.1 Å². The lowest BCUT2D eigenvalue weighted by atomic mass is 9.74. The number of amidine groups is 1. The number of methoxy groups -OCH3 is 1. The molecule has 132 valence electrons. The van der Waals surface area contributed by atoms with Crippen LogP contribution in [-0.4, -0.2) is 42.1 Å². The molecule has 1 aromatic rings. The Kier molecular flexibility index (Phi) is 3.42. The maximum Gasteiger partial charge on any atom is 0.318 e. The number of hydrogen-bond donors (Lipinski definition) is 0. The molecule has 0 saturated heterocycles. The minimum Gasteiger partial charge on any atom is -0.468 e. The zero-order chi connectivity index (χ0) is 17.9. The van der Waals surface area contributed by atoms with E-state index in [4.69, 9.17) is 14.3 Å². The molecule has 0 amide bonds. The number of aliphatic imine (C=N–C) groups is 1. The monoisotopic (exact) mass is 341 g/mol. The van der Waals surface area contributed by atoms with E-state index in [1.807, 2.05) is 33.9 Å². The summed E-state index contributed by atoms with van der Waals surface area (Å²) in [5.74, 6) is 2.07. The molecule has 1 fully saturated rings. The molecule has 0 spiro atoms. The molecule has 3 aliphatic rings. The molecule has 0 N–H and O–H groups in total. The molecule has 2 atom stereocenters. The minimum atomic E-state index is -0.852. The van der Waals surface area contributed by atoms with Crippen LogP contribution in [-0.2, 0) is 9.53 Å². The number of aryl methyl sites for hydroxylation is 2. The highest BCUT2D eigenvalue weighted by Gasteiger charge is 2.51. The van der Waals surface area contributed by atoms with Crippen LogP contribution in [0.2, 0.25) is 0 Å². The van der Waals surface area contributed by atoms with Gasteiger partial charge in [-0.15, -0.1) is 0 Å². The number of ether oxygens (including phenoxy) is 1. The van der Waals surface area contributed by atoms with Crippen molar-refractivity contribution in [2.75, 3.05) is 14.2 Å². The molecule has 6 heteroatoms. The number of carbonyl (C=O) groups is 1. The Balaban J connectivity index is 1.87. The second kappa shape index (κ2) is 5.31. The molecule has 0 radical (unpaired) electrons. The van der Waals surface area contributed by atoms with Gasteiger partial charge in [0.2, 0.25) is 0 Å². The summed E-state index contributed by atoms with van der Waals surface area (Å²) < 4.78 is 10.5. The average molecular weight is 341 g/mol. The SMILES string of the molecule is COC(=O)C1(C)C=C(c2c(C)noc2C)C=C2C1N=C(C1CC1)N2C. The Morgan fingerprint density at radius 3 is 2.68 bits per heavy atom. The highest BCUT2D eigenvalue weighted by atomic mass is 16.5. The van der Waals surface area contributed by atoms with E-state index in [1.54, 1.807) is 0 Å². The molecule has 1 aromatic heterocycles. The minimum absolute atomic E-state index is 0.246. The summed E-state index contributed by atoms with van der Waals surface area (Å²) in [6.45, 7) is 5.71. The number of rotatable bonds is 3. The summed E-state index contributed by atoms with van der Waals surface area (Å²) in [6.07, 6.45) is 6.41. The third-order valence-electron chi connectivity index (χ3n) is 5.49. The van der Waals surface area contributed by atoms with Crippen LogP contribution in [0.3, 0.4) is 0 Å². The fraction of sp³-hybridized carbons (Fsp3) is 0.526. The Morgan fingerprint density at radius 2 is 2.12 bits per heavy atom. The van der Waals surface area contributed by atoms with E-state index in [2.05, 4.69) is 16.1 Å². The second-order valence-electron chi connectivity index (χ2n) is 7.37. The molecule has 2 heterocycles. The lowest BCUT2D eigenvalue weighted by molar-refractivity contribution is -0.149.